The fourth-order valence-corrected chi connectivity index (χ4v) is 3.91. The quantitative estimate of drug-likeness (QED) is 0.314. The molecule has 1 aliphatic carbocycles. The van der Waals surface area contributed by atoms with Gasteiger partial charge >= 0.3 is 0 Å². The van der Waals surface area contributed by atoms with Crippen LogP contribution in [0.25, 0.3) is 16.6 Å². The Bertz CT molecular complexity index is 1650. The molecule has 2 aromatic carbocycles. The number of amides is 1. The number of hydrogen-bond donors (Lipinski definition) is 2. The highest BCUT2D eigenvalue weighted by Gasteiger charge is 2.19. The number of para-hydroxylation sites is 1. The van der Waals surface area contributed by atoms with Gasteiger partial charge in [-0.3, -0.25) is 14.2 Å². The Labute approximate surface area is 220 Å². The van der Waals surface area contributed by atoms with Crippen LogP contribution in [-0.2, 0) is 13.5 Å². The zero-order valence-electron chi connectivity index (χ0n) is 21.4. The average molecular weight is 508 g/mol. The van der Waals surface area contributed by atoms with Crippen molar-refractivity contribution in [3.63, 3.8) is 0 Å². The molecular weight excluding hydrogens is 478 g/mol. The van der Waals surface area contributed by atoms with E-state index in [9.17, 15) is 9.59 Å². The van der Waals surface area contributed by atoms with Crippen LogP contribution in [0.2, 0.25) is 0 Å². The Morgan fingerprint density at radius 1 is 1.21 bits per heavy atom. The molecule has 0 aliphatic heterocycles. The van der Waals surface area contributed by atoms with Crippen molar-refractivity contribution in [1.29, 1.82) is 0 Å². The Hall–Kier alpha value is -4.97. The predicted octanol–water partition coefficient (Wildman–Crippen LogP) is 3.70. The fraction of sp³-hybridized carbons (Fsp3) is 0.207. The largest absolute Gasteiger partial charge is 0.381 e. The lowest BCUT2D eigenvalue weighted by Crippen LogP contribution is -2.24. The van der Waals surface area contributed by atoms with Gasteiger partial charge in [0.15, 0.2) is 11.6 Å². The second-order valence-electron chi connectivity index (χ2n) is 8.69. The number of allylic oxidation sites excluding steroid dienone is 1. The van der Waals surface area contributed by atoms with Gasteiger partial charge in [0.2, 0.25) is 0 Å². The Balaban J connectivity index is 0.000000206. The number of aliphatic imine (C=N–C) groups is 1. The average Bonchev–Trinajstić information content (AvgIpc) is 3.69. The third kappa shape index (κ3) is 5.55. The summed E-state index contributed by atoms with van der Waals surface area (Å²) < 4.78 is 3.10. The summed E-state index contributed by atoms with van der Waals surface area (Å²) in [6.45, 7) is 5.48. The van der Waals surface area contributed by atoms with Gasteiger partial charge in [-0.15, -0.1) is 0 Å². The summed E-state index contributed by atoms with van der Waals surface area (Å²) in [6.07, 6.45) is 5.95. The topological polar surface area (TPSA) is 134 Å². The van der Waals surface area contributed by atoms with E-state index in [1.54, 1.807) is 11.6 Å². The smallest absolute Gasteiger partial charge is 0.267 e. The van der Waals surface area contributed by atoms with E-state index in [1.165, 1.54) is 29.8 Å². The summed E-state index contributed by atoms with van der Waals surface area (Å²) in [5, 5.41) is 4.45. The van der Waals surface area contributed by atoms with Gasteiger partial charge in [0.05, 0.1) is 16.6 Å². The molecule has 9 nitrogen and oxygen atoms in total. The standard InChI is InChI=1S/C21H18N2O.C8H11N5O/c1-2-19-22-18-10-6-7-16(14-13-15-11-12-15)20(18)21(24)23(19)17-8-4-3-5-9-17;1-3-4-11-8-5(7(10)14)6(9)12-13(8)2/h3-10,15H,2,11-12H2,1H3;3-4H,1H2,2H3,(H2,9,12)(H2,10,14)/b;11-4-. The van der Waals surface area contributed by atoms with Crippen LogP contribution in [-0.4, -0.2) is 31.5 Å². The maximum atomic E-state index is 13.2. The van der Waals surface area contributed by atoms with Crippen molar-refractivity contribution in [2.45, 2.75) is 26.2 Å². The maximum Gasteiger partial charge on any atom is 0.267 e. The van der Waals surface area contributed by atoms with E-state index in [2.05, 4.69) is 28.5 Å². The molecule has 1 fully saturated rings. The first-order valence-electron chi connectivity index (χ1n) is 12.2. The van der Waals surface area contributed by atoms with Crippen LogP contribution in [0.4, 0.5) is 11.6 Å². The Morgan fingerprint density at radius 2 is 1.95 bits per heavy atom. The van der Waals surface area contributed by atoms with E-state index in [4.69, 9.17) is 16.5 Å². The third-order valence-electron chi connectivity index (χ3n) is 5.88. The molecule has 0 radical (unpaired) electrons. The van der Waals surface area contributed by atoms with Crippen LogP contribution in [0.1, 0.15) is 41.5 Å². The molecule has 2 aromatic heterocycles. The summed E-state index contributed by atoms with van der Waals surface area (Å²) in [6, 6.07) is 15.4. The van der Waals surface area contributed by atoms with Crippen LogP contribution in [0.3, 0.4) is 0 Å². The number of carbonyl (C=O) groups is 1. The lowest BCUT2D eigenvalue weighted by molar-refractivity contribution is 0.100. The van der Waals surface area contributed by atoms with Crippen molar-refractivity contribution in [3.05, 3.63) is 88.5 Å². The summed E-state index contributed by atoms with van der Waals surface area (Å²) in [4.78, 5) is 32.9. The lowest BCUT2D eigenvalue weighted by atomic mass is 10.1. The summed E-state index contributed by atoms with van der Waals surface area (Å²) in [7, 11) is 1.62. The molecule has 0 bridgehead atoms. The minimum absolute atomic E-state index is 0.0382. The first-order valence-corrected chi connectivity index (χ1v) is 12.2. The molecule has 0 unspecified atom stereocenters. The monoisotopic (exact) mass is 507 g/mol. The highest BCUT2D eigenvalue weighted by atomic mass is 16.1. The fourth-order valence-electron chi connectivity index (χ4n) is 3.91. The number of benzene rings is 2. The summed E-state index contributed by atoms with van der Waals surface area (Å²) >= 11 is 0. The maximum absolute atomic E-state index is 13.2. The van der Waals surface area contributed by atoms with Gasteiger partial charge in [-0.05, 0) is 37.1 Å². The molecule has 4 N–H and O–H groups in total. The predicted molar refractivity (Wildman–Crippen MR) is 151 cm³/mol. The number of hydrogen-bond acceptors (Lipinski definition) is 6. The van der Waals surface area contributed by atoms with Gasteiger partial charge in [0, 0.05) is 31.2 Å². The number of rotatable bonds is 5. The molecular formula is C29H29N7O2. The molecule has 0 saturated heterocycles. The molecule has 1 saturated carbocycles. The number of primary amides is 1. The lowest BCUT2D eigenvalue weighted by Gasteiger charge is -2.13. The number of anilines is 1. The number of nitrogen functional groups attached to an aromatic ring is 1. The van der Waals surface area contributed by atoms with Gasteiger partial charge in [-0.1, -0.05) is 55.7 Å². The van der Waals surface area contributed by atoms with Gasteiger partial charge in [0.25, 0.3) is 11.5 Å². The number of aromatic nitrogens is 4. The molecule has 9 heteroatoms. The first-order chi connectivity index (χ1) is 18.3. The van der Waals surface area contributed by atoms with Crippen molar-refractivity contribution in [3.8, 4) is 17.5 Å². The van der Waals surface area contributed by atoms with Gasteiger partial charge in [0.1, 0.15) is 11.4 Å². The minimum Gasteiger partial charge on any atom is -0.381 e. The molecule has 0 atom stereocenters. The molecule has 4 aromatic rings. The normalized spacial score (nSPS) is 12.5. The van der Waals surface area contributed by atoms with Gasteiger partial charge in [-0.25, -0.2) is 14.7 Å². The molecule has 1 aliphatic rings. The van der Waals surface area contributed by atoms with Gasteiger partial charge in [-0.2, -0.15) is 5.10 Å². The van der Waals surface area contributed by atoms with E-state index >= 15 is 0 Å². The van der Waals surface area contributed by atoms with E-state index in [0.717, 1.165) is 22.6 Å². The summed E-state index contributed by atoms with van der Waals surface area (Å²) in [5.41, 5.74) is 13.1. The molecule has 5 rings (SSSR count). The number of aryl methyl sites for hydroxylation is 2. The Morgan fingerprint density at radius 3 is 2.58 bits per heavy atom. The van der Waals surface area contributed by atoms with Crippen LogP contribution in [0.15, 0.2) is 71.0 Å². The molecule has 0 spiro atoms. The number of nitrogens with zero attached hydrogens (tertiary/aromatic N) is 5. The highest BCUT2D eigenvalue weighted by molar-refractivity contribution is 6.02. The number of nitrogens with two attached hydrogens (primary N) is 2. The van der Waals surface area contributed by atoms with Crippen LogP contribution < -0.4 is 17.0 Å². The minimum atomic E-state index is -0.646. The Kier molecular flexibility index (Phi) is 7.83. The zero-order chi connectivity index (χ0) is 27.2. The molecule has 2 heterocycles. The van der Waals surface area contributed by atoms with Crippen molar-refractivity contribution >= 4 is 34.7 Å². The van der Waals surface area contributed by atoms with Crippen molar-refractivity contribution in [2.24, 2.45) is 23.7 Å². The van der Waals surface area contributed by atoms with Crippen molar-refractivity contribution in [1.82, 2.24) is 19.3 Å². The van der Waals surface area contributed by atoms with Gasteiger partial charge < -0.3 is 11.5 Å². The number of carbonyl (C=O) groups excluding carboxylic acids is 1. The molecule has 192 valence electrons. The van der Waals surface area contributed by atoms with E-state index in [-0.39, 0.29) is 16.9 Å². The van der Waals surface area contributed by atoms with E-state index in [1.807, 2.05) is 55.5 Å². The zero-order valence-corrected chi connectivity index (χ0v) is 21.4. The third-order valence-corrected chi connectivity index (χ3v) is 5.88. The van der Waals surface area contributed by atoms with Crippen LogP contribution >= 0.6 is 0 Å². The van der Waals surface area contributed by atoms with E-state index < -0.39 is 5.91 Å². The SMILES string of the molecule is C=C/C=N\c1c(C(N)=O)c(N)nn1C.CCc1nc2cccc(C#CC3CC3)c2c(=O)n1-c1ccccc1. The van der Waals surface area contributed by atoms with Crippen molar-refractivity contribution in [2.75, 3.05) is 5.73 Å². The molecule has 1 amide bonds. The first kappa shape index (κ1) is 26.1. The van der Waals surface area contributed by atoms with Crippen LogP contribution in [0, 0.1) is 17.8 Å². The molecule has 38 heavy (non-hydrogen) atoms. The van der Waals surface area contributed by atoms with Crippen molar-refractivity contribution < 1.29 is 4.79 Å². The highest BCUT2D eigenvalue weighted by Crippen LogP contribution is 2.28. The summed E-state index contributed by atoms with van der Waals surface area (Å²) in [5.74, 6) is 7.49. The second kappa shape index (κ2) is 11.4. The van der Waals surface area contributed by atoms with Crippen LogP contribution in [0.5, 0.6) is 0 Å². The second-order valence-corrected chi connectivity index (χ2v) is 8.69. The van der Waals surface area contributed by atoms with E-state index in [0.29, 0.717) is 23.5 Å². The number of fused-ring (bicyclic) bond motifs is 1.